The van der Waals surface area contributed by atoms with Crippen LogP contribution >= 0.6 is 0 Å². The van der Waals surface area contributed by atoms with E-state index in [2.05, 4.69) is 45.1 Å². The molecule has 2 aliphatic rings. The van der Waals surface area contributed by atoms with Crippen LogP contribution in [0.3, 0.4) is 0 Å². The van der Waals surface area contributed by atoms with Gasteiger partial charge in [-0.25, -0.2) is 0 Å². The van der Waals surface area contributed by atoms with Gasteiger partial charge in [0, 0.05) is 32.5 Å². The van der Waals surface area contributed by atoms with E-state index in [4.69, 9.17) is 0 Å². The molecule has 1 aromatic rings. The first-order valence-corrected chi connectivity index (χ1v) is 8.25. The largest absolute Gasteiger partial charge is 0.356 e. The zero-order valence-corrected chi connectivity index (χ0v) is 14.7. The number of carbonyl (C=O) groups is 2. The highest BCUT2D eigenvalue weighted by Crippen LogP contribution is 2.30. The maximum atomic E-state index is 11.7. The lowest BCUT2D eigenvalue weighted by atomic mass is 9.93. The molecule has 0 radical (unpaired) electrons. The number of nitrogens with zero attached hydrogens (tertiary/aromatic N) is 1. The van der Waals surface area contributed by atoms with Gasteiger partial charge >= 0.3 is 0 Å². The summed E-state index contributed by atoms with van der Waals surface area (Å²) in [5.41, 5.74) is 1.56. The van der Waals surface area contributed by atoms with Crippen molar-refractivity contribution in [2.45, 2.75) is 47.1 Å². The SMILES string of the molecule is CC1(C)CC(=O)N(Cc2ccccc2)C1.CC1(C)CNC(=O)C1. The predicted molar refractivity (Wildman–Crippen MR) is 91.7 cm³/mol. The van der Waals surface area contributed by atoms with Gasteiger partial charge in [-0.2, -0.15) is 0 Å². The molecule has 0 aromatic heterocycles. The summed E-state index contributed by atoms with van der Waals surface area (Å²) in [7, 11) is 0. The van der Waals surface area contributed by atoms with Gasteiger partial charge in [0.1, 0.15) is 0 Å². The quantitative estimate of drug-likeness (QED) is 0.912. The maximum Gasteiger partial charge on any atom is 0.223 e. The zero-order valence-electron chi connectivity index (χ0n) is 14.7. The number of rotatable bonds is 2. The predicted octanol–water partition coefficient (Wildman–Crippen LogP) is 2.98. The van der Waals surface area contributed by atoms with Crippen molar-refractivity contribution < 1.29 is 9.59 Å². The van der Waals surface area contributed by atoms with Crippen molar-refractivity contribution >= 4 is 11.8 Å². The Morgan fingerprint density at radius 1 is 1.00 bits per heavy atom. The van der Waals surface area contributed by atoms with Crippen LogP contribution in [0.1, 0.15) is 46.1 Å². The van der Waals surface area contributed by atoms with Crippen LogP contribution in [-0.4, -0.2) is 29.8 Å². The standard InChI is InChI=1S/C13H17NO.C6H11NO/c1-13(2)8-12(15)14(10-13)9-11-6-4-3-5-7-11;1-6(2)3-5(8)7-4-6/h3-7H,8-10H2,1-2H3;3-4H2,1-2H3,(H,7,8). The Balaban J connectivity index is 0.000000203. The Labute approximate surface area is 139 Å². The number of hydrogen-bond donors (Lipinski definition) is 1. The number of carbonyl (C=O) groups excluding carboxylic acids is 2. The first kappa shape index (κ1) is 17.5. The molecule has 0 bridgehead atoms. The van der Waals surface area contributed by atoms with E-state index < -0.39 is 0 Å². The fourth-order valence-electron chi connectivity index (χ4n) is 3.03. The molecule has 2 fully saturated rings. The Bertz CT molecular complexity index is 564. The molecule has 0 saturated carbocycles. The Hall–Kier alpha value is -1.84. The van der Waals surface area contributed by atoms with Crippen LogP contribution < -0.4 is 5.32 Å². The topological polar surface area (TPSA) is 49.4 Å². The van der Waals surface area contributed by atoms with Crippen molar-refractivity contribution in [1.29, 1.82) is 0 Å². The second-order valence-electron chi connectivity index (χ2n) is 8.19. The van der Waals surface area contributed by atoms with Gasteiger partial charge in [0.25, 0.3) is 0 Å². The van der Waals surface area contributed by atoms with E-state index in [1.54, 1.807) is 0 Å². The third-order valence-electron chi connectivity index (χ3n) is 4.22. The van der Waals surface area contributed by atoms with Crippen LogP contribution in [0.4, 0.5) is 0 Å². The first-order valence-electron chi connectivity index (χ1n) is 8.25. The van der Waals surface area contributed by atoms with Crippen LogP contribution in [0.5, 0.6) is 0 Å². The monoisotopic (exact) mass is 316 g/mol. The fourth-order valence-corrected chi connectivity index (χ4v) is 3.03. The third kappa shape index (κ3) is 5.38. The van der Waals surface area contributed by atoms with Crippen molar-refractivity contribution in [3.63, 3.8) is 0 Å². The average molecular weight is 316 g/mol. The summed E-state index contributed by atoms with van der Waals surface area (Å²) in [4.78, 5) is 24.2. The van der Waals surface area contributed by atoms with Crippen molar-refractivity contribution in [1.82, 2.24) is 10.2 Å². The van der Waals surface area contributed by atoms with Gasteiger partial charge in [-0.3, -0.25) is 9.59 Å². The molecule has 2 saturated heterocycles. The highest BCUT2D eigenvalue weighted by molar-refractivity contribution is 5.79. The van der Waals surface area contributed by atoms with Gasteiger partial charge in [-0.1, -0.05) is 58.0 Å². The number of benzene rings is 1. The van der Waals surface area contributed by atoms with E-state index >= 15 is 0 Å². The molecule has 0 spiro atoms. The lowest BCUT2D eigenvalue weighted by molar-refractivity contribution is -0.128. The average Bonchev–Trinajstić information content (AvgIpc) is 2.89. The fraction of sp³-hybridized carbons (Fsp3) is 0.579. The highest BCUT2D eigenvalue weighted by Gasteiger charge is 2.35. The van der Waals surface area contributed by atoms with Crippen LogP contribution in [0.15, 0.2) is 30.3 Å². The zero-order chi connectivity index (χ0) is 17.1. The number of likely N-dealkylation sites (tertiary alicyclic amines) is 1. The van der Waals surface area contributed by atoms with Crippen molar-refractivity contribution in [3.05, 3.63) is 35.9 Å². The Kier molecular flexibility index (Phi) is 5.12. The molecule has 1 aromatic carbocycles. The molecule has 126 valence electrons. The lowest BCUT2D eigenvalue weighted by Crippen LogP contribution is -2.25. The van der Waals surface area contributed by atoms with E-state index in [0.717, 1.165) is 19.6 Å². The minimum absolute atomic E-state index is 0.145. The van der Waals surface area contributed by atoms with E-state index in [0.29, 0.717) is 12.8 Å². The van der Waals surface area contributed by atoms with Gasteiger partial charge in [0.15, 0.2) is 0 Å². The van der Waals surface area contributed by atoms with Gasteiger partial charge in [0.05, 0.1) is 0 Å². The minimum Gasteiger partial charge on any atom is -0.356 e. The molecule has 4 heteroatoms. The number of nitrogens with one attached hydrogen (secondary N) is 1. The molecular formula is C19H28N2O2. The molecule has 4 nitrogen and oxygen atoms in total. The molecule has 23 heavy (non-hydrogen) atoms. The lowest BCUT2D eigenvalue weighted by Gasteiger charge is -2.19. The van der Waals surface area contributed by atoms with Crippen LogP contribution in [0, 0.1) is 10.8 Å². The van der Waals surface area contributed by atoms with Crippen LogP contribution in [-0.2, 0) is 16.1 Å². The van der Waals surface area contributed by atoms with E-state index in [9.17, 15) is 9.59 Å². The molecular weight excluding hydrogens is 288 g/mol. The van der Waals surface area contributed by atoms with E-state index in [1.807, 2.05) is 23.1 Å². The van der Waals surface area contributed by atoms with Crippen molar-refractivity contribution in [2.75, 3.05) is 13.1 Å². The first-order chi connectivity index (χ1) is 10.7. The summed E-state index contributed by atoms with van der Waals surface area (Å²) in [5.74, 6) is 0.471. The molecule has 0 unspecified atom stereocenters. The summed E-state index contributed by atoms with van der Waals surface area (Å²) in [6.07, 6.45) is 1.37. The molecule has 1 N–H and O–H groups in total. The molecule has 0 atom stereocenters. The van der Waals surface area contributed by atoms with Crippen molar-refractivity contribution in [2.24, 2.45) is 10.8 Å². The molecule has 0 aliphatic carbocycles. The summed E-state index contributed by atoms with van der Waals surface area (Å²) < 4.78 is 0. The summed E-state index contributed by atoms with van der Waals surface area (Å²) in [6, 6.07) is 10.2. The smallest absolute Gasteiger partial charge is 0.223 e. The Morgan fingerprint density at radius 3 is 2.04 bits per heavy atom. The molecule has 3 rings (SSSR count). The second kappa shape index (κ2) is 6.73. The molecule has 2 aliphatic heterocycles. The van der Waals surface area contributed by atoms with Crippen LogP contribution in [0.2, 0.25) is 0 Å². The number of amides is 2. The van der Waals surface area contributed by atoms with Gasteiger partial charge < -0.3 is 10.2 Å². The summed E-state index contributed by atoms with van der Waals surface area (Å²) in [6.45, 7) is 10.9. The molecule has 2 amide bonds. The second-order valence-corrected chi connectivity index (χ2v) is 8.19. The highest BCUT2D eigenvalue weighted by atomic mass is 16.2. The Morgan fingerprint density at radius 2 is 1.65 bits per heavy atom. The van der Waals surface area contributed by atoms with Crippen LogP contribution in [0.25, 0.3) is 0 Å². The van der Waals surface area contributed by atoms with E-state index in [-0.39, 0.29) is 22.6 Å². The van der Waals surface area contributed by atoms with Gasteiger partial charge in [-0.15, -0.1) is 0 Å². The van der Waals surface area contributed by atoms with E-state index in [1.165, 1.54) is 5.56 Å². The molecule has 2 heterocycles. The normalized spacial score (nSPS) is 21.7. The van der Waals surface area contributed by atoms with Gasteiger partial charge in [-0.05, 0) is 16.4 Å². The maximum absolute atomic E-state index is 11.7. The summed E-state index contributed by atoms with van der Waals surface area (Å²) >= 11 is 0. The van der Waals surface area contributed by atoms with Gasteiger partial charge in [0.2, 0.25) is 11.8 Å². The minimum atomic E-state index is 0.145. The third-order valence-corrected chi connectivity index (χ3v) is 4.22. The van der Waals surface area contributed by atoms with Crippen molar-refractivity contribution in [3.8, 4) is 0 Å². The number of hydrogen-bond acceptors (Lipinski definition) is 2. The summed E-state index contributed by atoms with van der Waals surface area (Å²) in [5, 5.41) is 2.77.